The molecule has 0 radical (unpaired) electrons. The predicted octanol–water partition coefficient (Wildman–Crippen LogP) is 0.440. The molecular formula is C13H18N2O4S. The fraction of sp³-hybridized carbons (Fsp3) is 0.538. The van der Waals surface area contributed by atoms with E-state index in [2.05, 4.69) is 5.32 Å². The van der Waals surface area contributed by atoms with E-state index < -0.39 is 10.0 Å². The Kier molecular flexibility index (Phi) is 3.57. The molecule has 1 aromatic carbocycles. The van der Waals surface area contributed by atoms with Gasteiger partial charge in [0.15, 0.2) is 11.5 Å². The Balaban J connectivity index is 1.99. The maximum Gasteiger partial charge on any atom is 0.247 e. The van der Waals surface area contributed by atoms with Crippen LogP contribution in [0.4, 0.5) is 0 Å². The zero-order chi connectivity index (χ0) is 14.2. The van der Waals surface area contributed by atoms with Gasteiger partial charge in [-0.25, -0.2) is 8.42 Å². The number of para-hydroxylation sites is 1. The number of ether oxygens (including phenoxy) is 2. The summed E-state index contributed by atoms with van der Waals surface area (Å²) >= 11 is 0. The van der Waals surface area contributed by atoms with Crippen molar-refractivity contribution in [3.8, 4) is 11.5 Å². The second kappa shape index (κ2) is 5.23. The lowest BCUT2D eigenvalue weighted by Gasteiger charge is -2.32. The standard InChI is InChI=1S/C13H18N2O4S/c1-10-9-15(6-5-14-10)20(16,17)12-4-2-3-11-13(12)19-8-7-18-11/h2-4,10,14H,5-9H2,1H3. The van der Waals surface area contributed by atoms with Crippen molar-refractivity contribution in [1.82, 2.24) is 9.62 Å². The summed E-state index contributed by atoms with van der Waals surface area (Å²) in [6.45, 7) is 4.39. The minimum Gasteiger partial charge on any atom is -0.486 e. The molecule has 3 rings (SSSR count). The third-order valence-corrected chi connectivity index (χ3v) is 5.37. The van der Waals surface area contributed by atoms with Gasteiger partial charge in [0.25, 0.3) is 0 Å². The number of nitrogens with one attached hydrogen (secondary N) is 1. The molecule has 1 fully saturated rings. The van der Waals surface area contributed by atoms with Crippen LogP contribution in [0, 0.1) is 0 Å². The fourth-order valence-electron chi connectivity index (χ4n) is 2.50. The van der Waals surface area contributed by atoms with Gasteiger partial charge in [0, 0.05) is 25.7 Å². The van der Waals surface area contributed by atoms with Crippen molar-refractivity contribution in [3.05, 3.63) is 18.2 Å². The summed E-state index contributed by atoms with van der Waals surface area (Å²) in [5.74, 6) is 0.838. The first-order valence-electron chi connectivity index (χ1n) is 6.71. The highest BCUT2D eigenvalue weighted by atomic mass is 32.2. The molecule has 0 spiro atoms. The average molecular weight is 298 g/mol. The number of benzene rings is 1. The van der Waals surface area contributed by atoms with E-state index in [1.807, 2.05) is 6.92 Å². The topological polar surface area (TPSA) is 67.9 Å². The van der Waals surface area contributed by atoms with E-state index in [0.717, 1.165) is 0 Å². The van der Waals surface area contributed by atoms with Crippen LogP contribution in [0.1, 0.15) is 6.92 Å². The Morgan fingerprint density at radius 3 is 2.90 bits per heavy atom. The van der Waals surface area contributed by atoms with Gasteiger partial charge < -0.3 is 14.8 Å². The van der Waals surface area contributed by atoms with Crippen molar-refractivity contribution in [2.24, 2.45) is 0 Å². The molecule has 2 aliphatic heterocycles. The van der Waals surface area contributed by atoms with Crippen LogP contribution in [0.15, 0.2) is 23.1 Å². The van der Waals surface area contributed by atoms with E-state index in [1.165, 1.54) is 4.31 Å². The lowest BCUT2D eigenvalue weighted by Crippen LogP contribution is -2.51. The van der Waals surface area contributed by atoms with Gasteiger partial charge in [0.05, 0.1) is 0 Å². The van der Waals surface area contributed by atoms with Crippen LogP contribution in [-0.4, -0.2) is 51.6 Å². The molecule has 0 amide bonds. The van der Waals surface area contributed by atoms with Crippen molar-refractivity contribution < 1.29 is 17.9 Å². The van der Waals surface area contributed by atoms with Gasteiger partial charge in [-0.2, -0.15) is 4.31 Å². The Hall–Kier alpha value is -1.31. The smallest absolute Gasteiger partial charge is 0.247 e. The van der Waals surface area contributed by atoms with Crippen molar-refractivity contribution in [2.75, 3.05) is 32.8 Å². The monoisotopic (exact) mass is 298 g/mol. The highest BCUT2D eigenvalue weighted by Gasteiger charge is 2.32. The Morgan fingerprint density at radius 2 is 2.10 bits per heavy atom. The van der Waals surface area contributed by atoms with E-state index in [0.29, 0.717) is 44.3 Å². The molecule has 0 aromatic heterocycles. The van der Waals surface area contributed by atoms with Crippen LogP contribution in [0.5, 0.6) is 11.5 Å². The lowest BCUT2D eigenvalue weighted by molar-refractivity contribution is 0.166. The number of nitrogens with zero attached hydrogens (tertiary/aromatic N) is 1. The molecular weight excluding hydrogens is 280 g/mol. The number of rotatable bonds is 2. The second-order valence-corrected chi connectivity index (χ2v) is 6.90. The largest absolute Gasteiger partial charge is 0.486 e. The van der Waals surface area contributed by atoms with E-state index >= 15 is 0 Å². The van der Waals surface area contributed by atoms with E-state index in [9.17, 15) is 8.42 Å². The third kappa shape index (κ3) is 2.36. The summed E-state index contributed by atoms with van der Waals surface area (Å²) in [7, 11) is -3.55. The van der Waals surface area contributed by atoms with Gasteiger partial charge in [0.1, 0.15) is 18.1 Å². The van der Waals surface area contributed by atoms with Crippen LogP contribution in [0.25, 0.3) is 0 Å². The van der Waals surface area contributed by atoms with Gasteiger partial charge in [-0.3, -0.25) is 0 Å². The zero-order valence-electron chi connectivity index (χ0n) is 11.3. The predicted molar refractivity (Wildman–Crippen MR) is 73.7 cm³/mol. The average Bonchev–Trinajstić information content (AvgIpc) is 2.46. The van der Waals surface area contributed by atoms with Gasteiger partial charge in [-0.05, 0) is 19.1 Å². The van der Waals surface area contributed by atoms with Gasteiger partial charge >= 0.3 is 0 Å². The molecule has 0 saturated carbocycles. The SMILES string of the molecule is CC1CN(S(=O)(=O)c2cccc3c2OCCO3)CCN1. The molecule has 0 aliphatic carbocycles. The lowest BCUT2D eigenvalue weighted by atomic mass is 10.3. The second-order valence-electron chi connectivity index (χ2n) is 5.00. The molecule has 1 saturated heterocycles. The van der Waals surface area contributed by atoms with Crippen molar-refractivity contribution in [1.29, 1.82) is 0 Å². The summed E-state index contributed by atoms with van der Waals surface area (Å²) in [5, 5.41) is 3.24. The Morgan fingerprint density at radius 1 is 1.30 bits per heavy atom. The minimum atomic E-state index is -3.55. The summed E-state index contributed by atoms with van der Waals surface area (Å²) < 4.78 is 38.0. The first kappa shape index (κ1) is 13.7. The molecule has 6 nitrogen and oxygen atoms in total. The van der Waals surface area contributed by atoms with Crippen LogP contribution in [0.3, 0.4) is 0 Å². The third-order valence-electron chi connectivity index (χ3n) is 3.48. The highest BCUT2D eigenvalue weighted by Crippen LogP contribution is 2.37. The van der Waals surface area contributed by atoms with Crippen molar-refractivity contribution >= 4 is 10.0 Å². The zero-order valence-corrected chi connectivity index (χ0v) is 12.1. The minimum absolute atomic E-state index is 0.148. The van der Waals surface area contributed by atoms with Gasteiger partial charge in [-0.15, -0.1) is 0 Å². The summed E-state index contributed by atoms with van der Waals surface area (Å²) in [6.07, 6.45) is 0. The summed E-state index contributed by atoms with van der Waals surface area (Å²) in [5.41, 5.74) is 0. The first-order valence-corrected chi connectivity index (χ1v) is 8.15. The maximum absolute atomic E-state index is 12.8. The number of sulfonamides is 1. The quantitative estimate of drug-likeness (QED) is 0.858. The van der Waals surface area contributed by atoms with Crippen molar-refractivity contribution in [2.45, 2.75) is 17.9 Å². The molecule has 7 heteroatoms. The number of piperazine rings is 1. The Labute approximate surface area is 118 Å². The van der Waals surface area contributed by atoms with Crippen LogP contribution in [0.2, 0.25) is 0 Å². The van der Waals surface area contributed by atoms with E-state index in [-0.39, 0.29) is 10.9 Å². The maximum atomic E-state index is 12.8. The molecule has 20 heavy (non-hydrogen) atoms. The number of hydrogen-bond donors (Lipinski definition) is 1. The molecule has 1 unspecified atom stereocenters. The highest BCUT2D eigenvalue weighted by molar-refractivity contribution is 7.89. The van der Waals surface area contributed by atoms with E-state index in [1.54, 1.807) is 18.2 Å². The summed E-state index contributed by atoms with van der Waals surface area (Å²) in [4.78, 5) is 0.198. The molecule has 1 atom stereocenters. The normalized spacial score (nSPS) is 23.6. The molecule has 1 N–H and O–H groups in total. The summed E-state index contributed by atoms with van der Waals surface area (Å²) in [6, 6.07) is 5.14. The molecule has 1 aromatic rings. The van der Waals surface area contributed by atoms with E-state index in [4.69, 9.17) is 9.47 Å². The Bertz CT molecular complexity index is 602. The number of fused-ring (bicyclic) bond motifs is 1. The van der Waals surface area contributed by atoms with Crippen LogP contribution >= 0.6 is 0 Å². The molecule has 0 bridgehead atoms. The molecule has 110 valence electrons. The molecule has 2 aliphatic rings. The van der Waals surface area contributed by atoms with Crippen LogP contribution in [-0.2, 0) is 10.0 Å². The van der Waals surface area contributed by atoms with Crippen LogP contribution < -0.4 is 14.8 Å². The first-order chi connectivity index (χ1) is 9.59. The number of hydrogen-bond acceptors (Lipinski definition) is 5. The van der Waals surface area contributed by atoms with Crippen molar-refractivity contribution in [3.63, 3.8) is 0 Å². The van der Waals surface area contributed by atoms with Gasteiger partial charge in [-0.1, -0.05) is 6.07 Å². The van der Waals surface area contributed by atoms with Gasteiger partial charge in [0.2, 0.25) is 10.0 Å². The molecule has 2 heterocycles. The fourth-order valence-corrected chi connectivity index (χ4v) is 4.18.